The van der Waals surface area contributed by atoms with Crippen molar-refractivity contribution in [1.82, 2.24) is 4.98 Å². The molecule has 0 amide bonds. The minimum Gasteiger partial charge on any atom is -0.298 e. The molecule has 0 saturated heterocycles. The van der Waals surface area contributed by atoms with Gasteiger partial charge in [0.2, 0.25) is 0 Å². The molecule has 0 radical (unpaired) electrons. The van der Waals surface area contributed by atoms with Crippen molar-refractivity contribution < 1.29 is 18.0 Å². The molecule has 2 rings (SSSR count). The Balaban J connectivity index is 2.61. The molecule has 15 heavy (non-hydrogen) atoms. The van der Waals surface area contributed by atoms with E-state index in [9.17, 15) is 18.0 Å². The molecule has 0 aliphatic carbocycles. The highest BCUT2D eigenvalue weighted by atomic mass is 32.1. The number of halogens is 3. The van der Waals surface area contributed by atoms with E-state index in [1.807, 2.05) is 0 Å². The lowest BCUT2D eigenvalue weighted by molar-refractivity contribution is -0.137. The quantitative estimate of drug-likeness (QED) is 0.706. The molecule has 0 spiro atoms. The zero-order chi connectivity index (χ0) is 11.1. The Morgan fingerprint density at radius 3 is 2.67 bits per heavy atom. The maximum Gasteiger partial charge on any atom is 0.443 e. The van der Waals surface area contributed by atoms with Gasteiger partial charge in [0.15, 0.2) is 5.01 Å². The van der Waals surface area contributed by atoms with Gasteiger partial charge < -0.3 is 0 Å². The minimum absolute atomic E-state index is 0.262. The number of aromatic nitrogens is 1. The van der Waals surface area contributed by atoms with E-state index in [0.29, 0.717) is 27.9 Å². The van der Waals surface area contributed by atoms with E-state index >= 15 is 0 Å². The van der Waals surface area contributed by atoms with Gasteiger partial charge in [-0.15, -0.1) is 11.3 Å². The van der Waals surface area contributed by atoms with Gasteiger partial charge in [-0.1, -0.05) is 0 Å². The van der Waals surface area contributed by atoms with Crippen LogP contribution >= 0.6 is 11.3 Å². The lowest BCUT2D eigenvalue weighted by atomic mass is 10.2. The van der Waals surface area contributed by atoms with Crippen LogP contribution in [0.5, 0.6) is 0 Å². The van der Waals surface area contributed by atoms with Gasteiger partial charge >= 0.3 is 6.18 Å². The average Bonchev–Trinajstić information content (AvgIpc) is 2.59. The molecule has 2 nitrogen and oxygen atoms in total. The molecule has 0 bridgehead atoms. The van der Waals surface area contributed by atoms with E-state index in [1.54, 1.807) is 0 Å². The van der Waals surface area contributed by atoms with Crippen molar-refractivity contribution in [3.05, 3.63) is 28.8 Å². The van der Waals surface area contributed by atoms with Crippen LogP contribution in [0.2, 0.25) is 0 Å². The molecular weight excluding hydrogens is 227 g/mol. The zero-order valence-electron chi connectivity index (χ0n) is 7.21. The molecule has 1 aromatic heterocycles. The topological polar surface area (TPSA) is 30.0 Å². The van der Waals surface area contributed by atoms with Crippen LogP contribution < -0.4 is 0 Å². The summed E-state index contributed by atoms with van der Waals surface area (Å²) < 4.78 is 37.2. The summed E-state index contributed by atoms with van der Waals surface area (Å²) in [5, 5.41) is -0.888. The molecule has 2 aromatic rings. The van der Waals surface area contributed by atoms with Crippen molar-refractivity contribution in [2.75, 3.05) is 0 Å². The van der Waals surface area contributed by atoms with Gasteiger partial charge in [0.25, 0.3) is 0 Å². The van der Waals surface area contributed by atoms with E-state index in [0.717, 1.165) is 0 Å². The molecule has 78 valence electrons. The van der Waals surface area contributed by atoms with Crippen molar-refractivity contribution in [2.45, 2.75) is 6.18 Å². The van der Waals surface area contributed by atoms with E-state index in [4.69, 9.17) is 0 Å². The summed E-state index contributed by atoms with van der Waals surface area (Å²) >= 11 is 0.539. The summed E-state index contributed by atoms with van der Waals surface area (Å²) in [6.07, 6.45) is -3.84. The number of thiazole rings is 1. The Bertz CT molecular complexity index is 518. The Morgan fingerprint density at radius 1 is 1.33 bits per heavy atom. The van der Waals surface area contributed by atoms with Crippen LogP contribution in [0.1, 0.15) is 15.4 Å². The summed E-state index contributed by atoms with van der Waals surface area (Å²) in [4.78, 5) is 13.9. The highest BCUT2D eigenvalue weighted by molar-refractivity contribution is 7.18. The van der Waals surface area contributed by atoms with Gasteiger partial charge in [0.1, 0.15) is 6.29 Å². The highest BCUT2D eigenvalue weighted by Gasteiger charge is 2.34. The van der Waals surface area contributed by atoms with E-state index in [2.05, 4.69) is 4.98 Å². The molecule has 0 unspecified atom stereocenters. The van der Waals surface area contributed by atoms with Crippen molar-refractivity contribution in [3.63, 3.8) is 0 Å². The third kappa shape index (κ3) is 1.85. The smallest absolute Gasteiger partial charge is 0.298 e. The van der Waals surface area contributed by atoms with Crippen LogP contribution in [0.25, 0.3) is 10.2 Å². The minimum atomic E-state index is -4.43. The number of carbonyl (C=O) groups is 1. The molecule has 1 heterocycles. The number of benzene rings is 1. The number of hydrogen-bond acceptors (Lipinski definition) is 3. The number of rotatable bonds is 1. The second-order valence-electron chi connectivity index (χ2n) is 2.86. The average molecular weight is 231 g/mol. The van der Waals surface area contributed by atoms with Gasteiger partial charge in [0, 0.05) is 5.56 Å². The third-order valence-corrected chi connectivity index (χ3v) is 2.85. The lowest BCUT2D eigenvalue weighted by Gasteiger charge is -1.98. The molecule has 0 atom stereocenters. The van der Waals surface area contributed by atoms with E-state index in [-0.39, 0.29) is 5.52 Å². The highest BCUT2D eigenvalue weighted by Crippen LogP contribution is 2.35. The van der Waals surface area contributed by atoms with Crippen LogP contribution in [0.4, 0.5) is 13.2 Å². The van der Waals surface area contributed by atoms with E-state index < -0.39 is 11.2 Å². The first-order valence-corrected chi connectivity index (χ1v) is 4.75. The van der Waals surface area contributed by atoms with Gasteiger partial charge in [-0.2, -0.15) is 13.2 Å². The first-order chi connectivity index (χ1) is 7.00. The van der Waals surface area contributed by atoms with Crippen LogP contribution in [0.3, 0.4) is 0 Å². The zero-order valence-corrected chi connectivity index (χ0v) is 8.02. The number of aldehydes is 1. The Morgan fingerprint density at radius 2 is 2.07 bits per heavy atom. The van der Waals surface area contributed by atoms with Gasteiger partial charge in [-0.25, -0.2) is 4.98 Å². The molecule has 1 aromatic carbocycles. The SMILES string of the molecule is O=Cc1ccc2nc(C(F)(F)F)sc2c1. The number of hydrogen-bond donors (Lipinski definition) is 0. The fourth-order valence-electron chi connectivity index (χ4n) is 1.14. The van der Waals surface area contributed by atoms with Gasteiger partial charge in [-0.05, 0) is 18.2 Å². The summed E-state index contributed by atoms with van der Waals surface area (Å²) in [6.45, 7) is 0. The maximum absolute atomic E-state index is 12.3. The van der Waals surface area contributed by atoms with Crippen molar-refractivity contribution >= 4 is 27.8 Å². The van der Waals surface area contributed by atoms with Crippen LogP contribution in [-0.4, -0.2) is 11.3 Å². The van der Waals surface area contributed by atoms with Crippen molar-refractivity contribution in [2.24, 2.45) is 0 Å². The van der Waals surface area contributed by atoms with Crippen molar-refractivity contribution in [3.8, 4) is 0 Å². The second-order valence-corrected chi connectivity index (χ2v) is 3.89. The standard InChI is InChI=1S/C9H4F3NOS/c10-9(11,12)8-13-6-2-1-5(4-14)3-7(6)15-8/h1-4H. The molecule has 0 N–H and O–H groups in total. The number of fused-ring (bicyclic) bond motifs is 1. The molecule has 0 aliphatic heterocycles. The summed E-state index contributed by atoms with van der Waals surface area (Å²) in [5.74, 6) is 0. The van der Waals surface area contributed by atoms with E-state index in [1.165, 1.54) is 18.2 Å². The Kier molecular flexibility index (Phi) is 2.22. The predicted molar refractivity (Wildman–Crippen MR) is 50.0 cm³/mol. The molecule has 0 aliphatic rings. The summed E-state index contributed by atoms with van der Waals surface area (Å²) in [5.41, 5.74) is 0.609. The normalized spacial score (nSPS) is 11.9. The van der Waals surface area contributed by atoms with Crippen LogP contribution in [0.15, 0.2) is 18.2 Å². The second kappa shape index (κ2) is 3.30. The number of alkyl halides is 3. The maximum atomic E-state index is 12.3. The van der Waals surface area contributed by atoms with Crippen LogP contribution in [-0.2, 0) is 6.18 Å². The molecule has 0 saturated carbocycles. The largest absolute Gasteiger partial charge is 0.443 e. The molecular formula is C9H4F3NOS. The number of carbonyl (C=O) groups excluding carboxylic acids is 1. The first-order valence-electron chi connectivity index (χ1n) is 3.93. The summed E-state index contributed by atoms with van der Waals surface area (Å²) in [7, 11) is 0. The van der Waals surface area contributed by atoms with Gasteiger partial charge in [0.05, 0.1) is 10.2 Å². The lowest BCUT2D eigenvalue weighted by Crippen LogP contribution is -2.03. The molecule has 6 heteroatoms. The molecule has 0 fully saturated rings. The first kappa shape index (κ1) is 10.1. The Labute approximate surface area is 86.4 Å². The number of nitrogens with zero attached hydrogens (tertiary/aromatic N) is 1. The monoisotopic (exact) mass is 231 g/mol. The van der Waals surface area contributed by atoms with Crippen molar-refractivity contribution in [1.29, 1.82) is 0 Å². The summed E-state index contributed by atoms with van der Waals surface area (Å²) in [6, 6.07) is 4.25. The fourth-order valence-corrected chi connectivity index (χ4v) is 2.02. The Hall–Kier alpha value is -1.43. The fraction of sp³-hybridized carbons (Fsp3) is 0.111. The van der Waals surface area contributed by atoms with Crippen LogP contribution in [0, 0.1) is 0 Å². The third-order valence-electron chi connectivity index (χ3n) is 1.79. The predicted octanol–water partition coefficient (Wildman–Crippen LogP) is 3.13. The van der Waals surface area contributed by atoms with Gasteiger partial charge in [-0.3, -0.25) is 4.79 Å².